The molecule has 178 valence electrons. The van der Waals surface area contributed by atoms with Crippen LogP contribution in [0.25, 0.3) is 10.9 Å². The number of nitrogens with zero attached hydrogens (tertiary/aromatic N) is 5. The second-order valence-electron chi connectivity index (χ2n) is 9.41. The van der Waals surface area contributed by atoms with Crippen LogP contribution in [0.1, 0.15) is 13.8 Å². The van der Waals surface area contributed by atoms with Crippen molar-refractivity contribution in [2.75, 3.05) is 50.8 Å². The lowest BCUT2D eigenvalue weighted by molar-refractivity contribution is -0.0490. The Morgan fingerprint density at radius 2 is 1.82 bits per heavy atom. The molecule has 2 aromatic rings. The molecule has 0 spiro atoms. The Bertz CT molecular complexity index is 1140. The third-order valence-corrected chi connectivity index (χ3v) is 6.87. The molecule has 3 atom stereocenters. The predicted molar refractivity (Wildman–Crippen MR) is 134 cm³/mol. The summed E-state index contributed by atoms with van der Waals surface area (Å²) in [6.45, 7) is 9.87. The molecule has 0 bridgehead atoms. The summed E-state index contributed by atoms with van der Waals surface area (Å²) in [6, 6.07) is 10.5. The number of ether oxygens (including phenoxy) is 2. The highest BCUT2D eigenvalue weighted by Gasteiger charge is 2.41. The first-order valence-electron chi connectivity index (χ1n) is 12.3. The van der Waals surface area contributed by atoms with Crippen molar-refractivity contribution in [1.82, 2.24) is 20.1 Å². The number of anilines is 1. The van der Waals surface area contributed by atoms with Gasteiger partial charge >= 0.3 is 0 Å². The predicted octanol–water partition coefficient (Wildman–Crippen LogP) is 2.55. The largest absolute Gasteiger partial charge is 0.379 e. The Morgan fingerprint density at radius 1 is 1.03 bits per heavy atom. The zero-order valence-corrected chi connectivity index (χ0v) is 19.9. The molecule has 4 aliphatic heterocycles. The van der Waals surface area contributed by atoms with Gasteiger partial charge in [-0.3, -0.25) is 14.8 Å². The van der Waals surface area contributed by atoms with Crippen LogP contribution in [-0.2, 0) is 9.47 Å². The third kappa shape index (κ3) is 3.85. The second kappa shape index (κ2) is 9.02. The molecule has 8 heteroatoms. The van der Waals surface area contributed by atoms with Gasteiger partial charge in [0.05, 0.1) is 36.6 Å². The van der Waals surface area contributed by atoms with Gasteiger partial charge in [-0.05, 0) is 26.0 Å². The SMILES string of the molecule is CC1CN(C2=NC3=C(C=CCN3)C(N3CCOCC3)N2c2cccc3cccnc23)CC(C)O1. The molecular weight excluding hydrogens is 428 g/mol. The number of hydrogen-bond donors (Lipinski definition) is 1. The maximum atomic E-state index is 6.07. The van der Waals surface area contributed by atoms with Gasteiger partial charge in [0.2, 0.25) is 5.96 Å². The summed E-state index contributed by atoms with van der Waals surface area (Å²) in [4.78, 5) is 17.4. The number of guanidine groups is 1. The van der Waals surface area contributed by atoms with Crippen LogP contribution in [0, 0.1) is 0 Å². The quantitative estimate of drug-likeness (QED) is 0.739. The highest BCUT2D eigenvalue weighted by Crippen LogP contribution is 2.36. The highest BCUT2D eigenvalue weighted by molar-refractivity contribution is 6.05. The van der Waals surface area contributed by atoms with E-state index in [0.717, 1.165) is 74.3 Å². The number of morpholine rings is 2. The van der Waals surface area contributed by atoms with E-state index in [9.17, 15) is 0 Å². The molecule has 1 N–H and O–H groups in total. The minimum atomic E-state index is -0.00323. The maximum Gasteiger partial charge on any atom is 0.209 e. The molecule has 5 heterocycles. The van der Waals surface area contributed by atoms with Crippen molar-refractivity contribution in [3.63, 3.8) is 0 Å². The van der Waals surface area contributed by atoms with Gasteiger partial charge in [0.15, 0.2) is 0 Å². The van der Waals surface area contributed by atoms with Crippen molar-refractivity contribution in [2.24, 2.45) is 4.99 Å². The Labute approximate surface area is 200 Å². The van der Waals surface area contributed by atoms with Gasteiger partial charge in [0.1, 0.15) is 12.0 Å². The third-order valence-electron chi connectivity index (χ3n) is 6.87. The number of aromatic nitrogens is 1. The number of dihydropyridines is 1. The van der Waals surface area contributed by atoms with E-state index in [1.807, 2.05) is 12.3 Å². The van der Waals surface area contributed by atoms with E-state index in [1.165, 1.54) is 5.57 Å². The summed E-state index contributed by atoms with van der Waals surface area (Å²) in [6.07, 6.45) is 6.57. The zero-order chi connectivity index (χ0) is 23.1. The lowest BCUT2D eigenvalue weighted by atomic mass is 10.0. The Morgan fingerprint density at radius 3 is 2.65 bits per heavy atom. The molecule has 34 heavy (non-hydrogen) atoms. The monoisotopic (exact) mass is 460 g/mol. The number of para-hydroxylation sites is 1. The van der Waals surface area contributed by atoms with E-state index in [4.69, 9.17) is 19.5 Å². The van der Waals surface area contributed by atoms with Crippen molar-refractivity contribution < 1.29 is 9.47 Å². The number of benzene rings is 1. The fourth-order valence-corrected chi connectivity index (χ4v) is 5.51. The average molecular weight is 461 g/mol. The molecule has 0 radical (unpaired) electrons. The van der Waals surface area contributed by atoms with E-state index in [1.54, 1.807) is 0 Å². The number of aliphatic imine (C=N–C) groups is 1. The van der Waals surface area contributed by atoms with Crippen LogP contribution in [0.15, 0.2) is 65.1 Å². The first kappa shape index (κ1) is 21.6. The van der Waals surface area contributed by atoms with Gasteiger partial charge < -0.3 is 19.7 Å². The van der Waals surface area contributed by atoms with E-state index in [-0.39, 0.29) is 18.4 Å². The molecule has 4 aliphatic rings. The van der Waals surface area contributed by atoms with Crippen LogP contribution in [-0.4, -0.2) is 85.1 Å². The molecule has 0 amide bonds. The Hall–Kier alpha value is -2.94. The van der Waals surface area contributed by atoms with Gasteiger partial charge in [-0.25, -0.2) is 0 Å². The van der Waals surface area contributed by atoms with Crippen molar-refractivity contribution in [3.8, 4) is 0 Å². The topological polar surface area (TPSA) is 65.5 Å². The summed E-state index contributed by atoms with van der Waals surface area (Å²) in [5.41, 5.74) is 3.26. The van der Waals surface area contributed by atoms with Crippen LogP contribution in [0.5, 0.6) is 0 Å². The zero-order valence-electron chi connectivity index (χ0n) is 19.9. The van der Waals surface area contributed by atoms with Crippen LogP contribution in [0.2, 0.25) is 0 Å². The van der Waals surface area contributed by atoms with Crippen molar-refractivity contribution in [3.05, 3.63) is 60.1 Å². The van der Waals surface area contributed by atoms with Gasteiger partial charge in [-0.15, -0.1) is 0 Å². The van der Waals surface area contributed by atoms with Crippen LogP contribution in [0.3, 0.4) is 0 Å². The maximum absolute atomic E-state index is 6.07. The first-order valence-corrected chi connectivity index (χ1v) is 12.3. The van der Waals surface area contributed by atoms with Gasteiger partial charge in [-0.2, -0.15) is 4.99 Å². The normalized spacial score (nSPS) is 28.1. The molecule has 2 saturated heterocycles. The number of pyridine rings is 1. The molecule has 1 aromatic heterocycles. The number of hydrogen-bond acceptors (Lipinski definition) is 8. The minimum Gasteiger partial charge on any atom is -0.379 e. The van der Waals surface area contributed by atoms with E-state index < -0.39 is 0 Å². The summed E-state index contributed by atoms with van der Waals surface area (Å²) in [5, 5.41) is 4.66. The lowest BCUT2D eigenvalue weighted by Crippen LogP contribution is -2.63. The van der Waals surface area contributed by atoms with Crippen molar-refractivity contribution in [2.45, 2.75) is 32.2 Å². The number of rotatable bonds is 2. The molecule has 3 unspecified atom stereocenters. The fourth-order valence-electron chi connectivity index (χ4n) is 5.51. The van der Waals surface area contributed by atoms with Crippen LogP contribution < -0.4 is 10.2 Å². The van der Waals surface area contributed by atoms with Crippen LogP contribution in [0.4, 0.5) is 5.69 Å². The van der Waals surface area contributed by atoms with Crippen molar-refractivity contribution in [1.29, 1.82) is 0 Å². The lowest BCUT2D eigenvalue weighted by Gasteiger charge is -2.49. The Kier molecular flexibility index (Phi) is 5.72. The fraction of sp³-hybridized carbons (Fsp3) is 0.462. The van der Waals surface area contributed by atoms with E-state index in [0.29, 0.717) is 0 Å². The number of nitrogens with one attached hydrogen (secondary N) is 1. The Balaban J connectivity index is 1.54. The summed E-state index contributed by atoms with van der Waals surface area (Å²) in [5.74, 6) is 1.92. The standard InChI is InChI=1S/C26H32N6O2/c1-18-16-31(17-19(2)34-18)26-29-24-21(8-5-11-28-24)25(30-12-14-33-15-13-30)32(26)22-9-3-6-20-7-4-10-27-23(20)22/h3-10,18-19,25,28H,11-17H2,1-2H3. The highest BCUT2D eigenvalue weighted by atomic mass is 16.5. The summed E-state index contributed by atoms with van der Waals surface area (Å²) in [7, 11) is 0. The van der Waals surface area contributed by atoms with Gasteiger partial charge in [-0.1, -0.05) is 30.4 Å². The van der Waals surface area contributed by atoms with Crippen molar-refractivity contribution >= 4 is 22.5 Å². The minimum absolute atomic E-state index is 0.00323. The van der Waals surface area contributed by atoms with E-state index >= 15 is 0 Å². The van der Waals surface area contributed by atoms with Gasteiger partial charge in [0.25, 0.3) is 0 Å². The summed E-state index contributed by atoms with van der Waals surface area (Å²) < 4.78 is 11.8. The van der Waals surface area contributed by atoms with Gasteiger partial charge in [0, 0.05) is 49.9 Å². The van der Waals surface area contributed by atoms with E-state index in [2.05, 4.69) is 70.3 Å². The molecule has 2 fully saturated rings. The number of fused-ring (bicyclic) bond motifs is 1. The average Bonchev–Trinajstić information content (AvgIpc) is 2.87. The molecular formula is C26H32N6O2. The first-order chi connectivity index (χ1) is 16.7. The molecule has 1 aromatic carbocycles. The van der Waals surface area contributed by atoms with Crippen LogP contribution >= 0.6 is 0 Å². The smallest absolute Gasteiger partial charge is 0.209 e. The molecule has 0 saturated carbocycles. The summed E-state index contributed by atoms with van der Waals surface area (Å²) >= 11 is 0. The molecule has 0 aliphatic carbocycles. The molecule has 6 rings (SSSR count). The second-order valence-corrected chi connectivity index (χ2v) is 9.41. The molecule has 8 nitrogen and oxygen atoms in total.